The van der Waals surface area contributed by atoms with Gasteiger partial charge in [0, 0.05) is 41.9 Å². The standard InChI is InChI=1S/C18H25N3O3S/c1-13-11-16(17(22)12-24-20-18(19)7-9-23-3)14(2)21(13)8-6-15-5-4-10-25-15/h4-5,10-11H,6-9,12H2,1-3H3,(H2,19,20). The Kier molecular flexibility index (Phi) is 7.21. The van der Waals surface area contributed by atoms with Gasteiger partial charge >= 0.3 is 0 Å². The SMILES string of the molecule is COCCC(N)=NOCC(=O)c1cc(C)n(CCc2cccs2)c1C. The molecule has 136 valence electrons. The van der Waals surface area contributed by atoms with Crippen LogP contribution in [0, 0.1) is 13.8 Å². The zero-order valence-corrected chi connectivity index (χ0v) is 15.8. The van der Waals surface area contributed by atoms with Gasteiger partial charge in [-0.1, -0.05) is 11.2 Å². The van der Waals surface area contributed by atoms with Gasteiger partial charge in [0.1, 0.15) is 5.84 Å². The summed E-state index contributed by atoms with van der Waals surface area (Å²) in [5.41, 5.74) is 8.36. The van der Waals surface area contributed by atoms with E-state index in [4.69, 9.17) is 15.3 Å². The van der Waals surface area contributed by atoms with Crippen molar-refractivity contribution in [3.8, 4) is 0 Å². The van der Waals surface area contributed by atoms with Crippen molar-refractivity contribution in [2.45, 2.75) is 33.2 Å². The van der Waals surface area contributed by atoms with Gasteiger partial charge in [-0.05, 0) is 37.8 Å². The molecule has 0 saturated heterocycles. The molecule has 0 saturated carbocycles. The highest BCUT2D eigenvalue weighted by Gasteiger charge is 2.16. The van der Waals surface area contributed by atoms with Crippen LogP contribution in [0.4, 0.5) is 0 Å². The van der Waals surface area contributed by atoms with Gasteiger partial charge in [-0.3, -0.25) is 4.79 Å². The van der Waals surface area contributed by atoms with Gasteiger partial charge in [-0.15, -0.1) is 11.3 Å². The van der Waals surface area contributed by atoms with Crippen LogP contribution < -0.4 is 5.73 Å². The van der Waals surface area contributed by atoms with Crippen molar-refractivity contribution >= 4 is 23.0 Å². The molecule has 0 fully saturated rings. The van der Waals surface area contributed by atoms with Crippen LogP contribution in [0.25, 0.3) is 0 Å². The number of ketones is 1. The molecule has 0 aliphatic rings. The molecule has 2 aromatic rings. The van der Waals surface area contributed by atoms with E-state index in [1.165, 1.54) is 4.88 Å². The number of hydrogen-bond donors (Lipinski definition) is 1. The topological polar surface area (TPSA) is 78.8 Å². The first-order valence-electron chi connectivity index (χ1n) is 8.18. The Balaban J connectivity index is 1.95. The maximum absolute atomic E-state index is 12.4. The highest BCUT2D eigenvalue weighted by molar-refractivity contribution is 7.09. The van der Waals surface area contributed by atoms with Crippen LogP contribution in [-0.4, -0.2) is 36.5 Å². The Morgan fingerprint density at radius 2 is 2.20 bits per heavy atom. The van der Waals surface area contributed by atoms with Crippen molar-refractivity contribution in [3.05, 3.63) is 45.4 Å². The van der Waals surface area contributed by atoms with Crippen LogP contribution in [0.2, 0.25) is 0 Å². The number of hydrogen-bond acceptors (Lipinski definition) is 5. The van der Waals surface area contributed by atoms with Gasteiger partial charge in [0.15, 0.2) is 6.61 Å². The van der Waals surface area contributed by atoms with E-state index in [2.05, 4.69) is 27.2 Å². The molecule has 2 N–H and O–H groups in total. The fraction of sp³-hybridized carbons (Fsp3) is 0.444. The fourth-order valence-corrected chi connectivity index (χ4v) is 3.31. The van der Waals surface area contributed by atoms with Gasteiger partial charge in [0.2, 0.25) is 5.78 Å². The number of rotatable bonds is 10. The monoisotopic (exact) mass is 363 g/mol. The third kappa shape index (κ3) is 5.44. The summed E-state index contributed by atoms with van der Waals surface area (Å²) >= 11 is 1.75. The Morgan fingerprint density at radius 1 is 1.40 bits per heavy atom. The Morgan fingerprint density at radius 3 is 2.88 bits per heavy atom. The van der Waals surface area contributed by atoms with Crippen LogP contribution in [-0.2, 0) is 22.5 Å². The second kappa shape index (κ2) is 9.39. The summed E-state index contributed by atoms with van der Waals surface area (Å²) in [4.78, 5) is 18.8. The summed E-state index contributed by atoms with van der Waals surface area (Å²) in [5, 5.41) is 5.82. The zero-order chi connectivity index (χ0) is 18.2. The number of Topliss-reactive ketones (excluding diaryl/α,β-unsaturated/α-hetero) is 1. The number of amidine groups is 1. The first-order valence-corrected chi connectivity index (χ1v) is 9.06. The maximum atomic E-state index is 12.4. The van der Waals surface area contributed by atoms with Crippen molar-refractivity contribution in [1.29, 1.82) is 0 Å². The van der Waals surface area contributed by atoms with Crippen LogP contribution in [0.1, 0.15) is 33.0 Å². The summed E-state index contributed by atoms with van der Waals surface area (Å²) in [7, 11) is 1.59. The average Bonchev–Trinajstić information content (AvgIpc) is 3.19. The first kappa shape index (κ1) is 19.2. The molecule has 0 atom stereocenters. The molecular weight excluding hydrogens is 338 g/mol. The summed E-state index contributed by atoms with van der Waals surface area (Å²) in [5.74, 6) is 0.217. The molecule has 0 bridgehead atoms. The Bertz CT molecular complexity index is 720. The largest absolute Gasteiger partial charge is 0.386 e. The second-order valence-electron chi connectivity index (χ2n) is 5.79. The molecule has 2 heterocycles. The number of thiophene rings is 1. The smallest absolute Gasteiger partial charge is 0.204 e. The van der Waals surface area contributed by atoms with Crippen molar-refractivity contribution in [1.82, 2.24) is 4.57 Å². The van der Waals surface area contributed by atoms with E-state index in [0.717, 1.165) is 24.4 Å². The van der Waals surface area contributed by atoms with E-state index in [0.29, 0.717) is 24.4 Å². The molecular formula is C18H25N3O3S. The van der Waals surface area contributed by atoms with Crippen molar-refractivity contribution in [2.75, 3.05) is 20.3 Å². The first-order chi connectivity index (χ1) is 12.0. The molecule has 7 heteroatoms. The lowest BCUT2D eigenvalue weighted by Gasteiger charge is -2.09. The van der Waals surface area contributed by atoms with Gasteiger partial charge in [0.05, 0.1) is 6.61 Å². The number of methoxy groups -OCH3 is 1. The van der Waals surface area contributed by atoms with Gasteiger partial charge < -0.3 is 19.9 Å². The average molecular weight is 363 g/mol. The Hall–Kier alpha value is -2.12. The van der Waals surface area contributed by atoms with Crippen molar-refractivity contribution < 1.29 is 14.4 Å². The molecule has 0 unspecified atom stereocenters. The summed E-state index contributed by atoms with van der Waals surface area (Å²) in [6.45, 7) is 5.18. The van der Waals surface area contributed by atoms with Gasteiger partial charge in [-0.2, -0.15) is 0 Å². The van der Waals surface area contributed by atoms with Crippen molar-refractivity contribution in [2.24, 2.45) is 10.9 Å². The minimum atomic E-state index is -0.122. The zero-order valence-electron chi connectivity index (χ0n) is 14.9. The van der Waals surface area contributed by atoms with Crippen LogP contribution in [0.15, 0.2) is 28.7 Å². The van der Waals surface area contributed by atoms with E-state index >= 15 is 0 Å². The molecule has 25 heavy (non-hydrogen) atoms. The summed E-state index contributed by atoms with van der Waals surface area (Å²) in [6.07, 6.45) is 1.43. The lowest BCUT2D eigenvalue weighted by atomic mass is 10.1. The number of carbonyl (C=O) groups excluding carboxylic acids is 1. The van der Waals surface area contributed by atoms with Crippen LogP contribution in [0.5, 0.6) is 0 Å². The quantitative estimate of drug-likeness (QED) is 0.305. The lowest BCUT2D eigenvalue weighted by molar-refractivity contribution is 0.0772. The number of aromatic nitrogens is 1. The third-order valence-corrected chi connectivity index (χ3v) is 4.91. The van der Waals surface area contributed by atoms with E-state index in [9.17, 15) is 4.79 Å². The minimum absolute atomic E-state index is 0.0984. The highest BCUT2D eigenvalue weighted by atomic mass is 32.1. The number of aryl methyl sites for hydroxylation is 2. The highest BCUT2D eigenvalue weighted by Crippen LogP contribution is 2.18. The van der Waals surface area contributed by atoms with Crippen molar-refractivity contribution in [3.63, 3.8) is 0 Å². The molecule has 0 aliphatic carbocycles. The Labute approximate surface area is 152 Å². The van der Waals surface area contributed by atoms with Gasteiger partial charge in [-0.25, -0.2) is 0 Å². The van der Waals surface area contributed by atoms with Crippen LogP contribution in [0.3, 0.4) is 0 Å². The predicted molar refractivity (Wildman–Crippen MR) is 100 cm³/mol. The molecule has 0 amide bonds. The molecule has 0 aliphatic heterocycles. The minimum Gasteiger partial charge on any atom is -0.386 e. The molecule has 2 aromatic heterocycles. The fourth-order valence-electron chi connectivity index (χ4n) is 2.61. The van der Waals surface area contributed by atoms with Gasteiger partial charge in [0.25, 0.3) is 0 Å². The second-order valence-corrected chi connectivity index (χ2v) is 6.82. The van der Waals surface area contributed by atoms with E-state index in [1.807, 2.05) is 19.9 Å². The third-order valence-electron chi connectivity index (χ3n) is 3.98. The van der Waals surface area contributed by atoms with Crippen LogP contribution >= 0.6 is 11.3 Å². The number of nitrogens with zero attached hydrogens (tertiary/aromatic N) is 2. The summed E-state index contributed by atoms with van der Waals surface area (Å²) in [6, 6.07) is 6.10. The molecule has 6 nitrogen and oxygen atoms in total. The number of oxime groups is 1. The summed E-state index contributed by atoms with van der Waals surface area (Å²) < 4.78 is 7.08. The molecule has 2 rings (SSSR count). The lowest BCUT2D eigenvalue weighted by Crippen LogP contribution is -2.16. The number of ether oxygens (including phenoxy) is 1. The normalized spacial score (nSPS) is 11.7. The number of carbonyl (C=O) groups is 1. The molecule has 0 aromatic carbocycles. The van der Waals surface area contributed by atoms with E-state index < -0.39 is 0 Å². The maximum Gasteiger partial charge on any atom is 0.204 e. The van der Waals surface area contributed by atoms with E-state index in [1.54, 1.807) is 18.4 Å². The predicted octanol–water partition coefficient (Wildman–Crippen LogP) is 2.92. The van der Waals surface area contributed by atoms with E-state index in [-0.39, 0.29) is 12.4 Å². The number of nitrogens with two attached hydrogens (primary N) is 1. The molecule has 0 radical (unpaired) electrons. The molecule has 0 spiro atoms.